The van der Waals surface area contributed by atoms with Crippen LogP contribution in [0, 0.1) is 6.16 Å². The van der Waals surface area contributed by atoms with Crippen LogP contribution in [0.2, 0.25) is 0 Å². The summed E-state index contributed by atoms with van der Waals surface area (Å²) in [4.78, 5) is 0. The summed E-state index contributed by atoms with van der Waals surface area (Å²) in [5.41, 5.74) is 0.850. The summed E-state index contributed by atoms with van der Waals surface area (Å²) in [6, 6.07) is 9.40. The molecule has 0 fully saturated rings. The minimum Gasteiger partial charge on any atom is -0.308 e. The standard InChI is InChI=1S/C11H16O3P/c1-3-13-15(12,14-4-2)10-11-8-6-5-7-9-11/h5-10H,3-4H2,1-2H3. The molecule has 4 heteroatoms. The smallest absolute Gasteiger partial charge is 0.308 e. The second kappa shape index (κ2) is 6.06. The Hall–Kier alpha value is -0.630. The number of benzene rings is 1. The summed E-state index contributed by atoms with van der Waals surface area (Å²) in [6.07, 6.45) is 1.56. The van der Waals surface area contributed by atoms with Gasteiger partial charge in [0.15, 0.2) is 0 Å². The molecule has 15 heavy (non-hydrogen) atoms. The lowest BCUT2D eigenvalue weighted by Gasteiger charge is -2.16. The van der Waals surface area contributed by atoms with Gasteiger partial charge in [0.1, 0.15) is 6.16 Å². The van der Waals surface area contributed by atoms with Gasteiger partial charge in [-0.25, -0.2) is 0 Å². The lowest BCUT2D eigenvalue weighted by Crippen LogP contribution is -1.97. The minimum absolute atomic E-state index is 0.376. The highest BCUT2D eigenvalue weighted by Crippen LogP contribution is 2.52. The van der Waals surface area contributed by atoms with Crippen molar-refractivity contribution in [3.63, 3.8) is 0 Å². The molecule has 0 heterocycles. The van der Waals surface area contributed by atoms with Crippen LogP contribution in [-0.4, -0.2) is 13.2 Å². The molecule has 0 atom stereocenters. The highest BCUT2D eigenvalue weighted by atomic mass is 31.2. The molecular weight excluding hydrogens is 211 g/mol. The van der Waals surface area contributed by atoms with E-state index in [9.17, 15) is 4.57 Å². The fourth-order valence-electron chi connectivity index (χ4n) is 1.19. The van der Waals surface area contributed by atoms with Crippen molar-refractivity contribution in [3.05, 3.63) is 42.1 Å². The molecule has 1 rings (SSSR count). The SMILES string of the molecule is CCOP(=O)([CH]c1ccccc1)OCC. The van der Waals surface area contributed by atoms with Gasteiger partial charge in [0, 0.05) is 0 Å². The Labute approximate surface area is 90.9 Å². The molecule has 0 unspecified atom stereocenters. The normalized spacial score (nSPS) is 11.6. The monoisotopic (exact) mass is 227 g/mol. The van der Waals surface area contributed by atoms with Crippen LogP contribution in [0.5, 0.6) is 0 Å². The summed E-state index contributed by atoms with van der Waals surface area (Å²) in [5, 5.41) is 0. The van der Waals surface area contributed by atoms with Gasteiger partial charge in [0.05, 0.1) is 13.2 Å². The Morgan fingerprint density at radius 1 is 1.13 bits per heavy atom. The summed E-state index contributed by atoms with van der Waals surface area (Å²) < 4.78 is 22.4. The topological polar surface area (TPSA) is 35.5 Å². The Morgan fingerprint density at radius 3 is 2.13 bits per heavy atom. The second-order valence-corrected chi connectivity index (χ2v) is 4.77. The van der Waals surface area contributed by atoms with E-state index in [1.165, 1.54) is 0 Å². The van der Waals surface area contributed by atoms with Gasteiger partial charge < -0.3 is 9.05 Å². The molecule has 0 N–H and O–H groups in total. The van der Waals surface area contributed by atoms with Gasteiger partial charge in [-0.2, -0.15) is 0 Å². The fraction of sp³-hybridized carbons (Fsp3) is 0.364. The number of rotatable bonds is 6. The maximum Gasteiger partial charge on any atom is 0.339 e. The Kier molecular flexibility index (Phi) is 5.03. The van der Waals surface area contributed by atoms with Gasteiger partial charge in [-0.05, 0) is 19.4 Å². The predicted octanol–water partition coefficient (Wildman–Crippen LogP) is 3.46. The first-order valence-electron chi connectivity index (χ1n) is 5.00. The van der Waals surface area contributed by atoms with Crippen LogP contribution in [0.4, 0.5) is 0 Å². The van der Waals surface area contributed by atoms with Gasteiger partial charge >= 0.3 is 7.60 Å². The third kappa shape index (κ3) is 4.17. The van der Waals surface area contributed by atoms with E-state index < -0.39 is 7.60 Å². The summed E-state index contributed by atoms with van der Waals surface area (Å²) in [7, 11) is -3.07. The van der Waals surface area contributed by atoms with E-state index in [1.54, 1.807) is 20.0 Å². The quantitative estimate of drug-likeness (QED) is 0.698. The maximum atomic E-state index is 12.1. The van der Waals surface area contributed by atoms with Crippen molar-refractivity contribution in [1.82, 2.24) is 0 Å². The molecule has 0 aliphatic rings. The number of hydrogen-bond donors (Lipinski definition) is 0. The summed E-state index contributed by atoms with van der Waals surface area (Å²) in [5.74, 6) is 0. The fourth-order valence-corrected chi connectivity index (χ4v) is 2.67. The average Bonchev–Trinajstić information content (AvgIpc) is 2.19. The van der Waals surface area contributed by atoms with Crippen molar-refractivity contribution in [2.75, 3.05) is 13.2 Å². The molecular formula is C11H16O3P. The first-order chi connectivity index (χ1) is 7.20. The van der Waals surface area contributed by atoms with Crippen molar-refractivity contribution in [1.29, 1.82) is 0 Å². The van der Waals surface area contributed by atoms with Crippen LogP contribution < -0.4 is 0 Å². The third-order valence-electron chi connectivity index (χ3n) is 1.72. The third-order valence-corrected chi connectivity index (χ3v) is 3.58. The van der Waals surface area contributed by atoms with E-state index in [2.05, 4.69) is 0 Å². The van der Waals surface area contributed by atoms with E-state index >= 15 is 0 Å². The molecule has 0 aliphatic heterocycles. The molecule has 3 nitrogen and oxygen atoms in total. The van der Waals surface area contributed by atoms with Crippen molar-refractivity contribution >= 4 is 7.60 Å². The summed E-state index contributed by atoms with van der Waals surface area (Å²) in [6.45, 7) is 4.34. The average molecular weight is 227 g/mol. The first-order valence-corrected chi connectivity index (χ1v) is 6.61. The highest BCUT2D eigenvalue weighted by molar-refractivity contribution is 7.56. The molecule has 0 aromatic heterocycles. The van der Waals surface area contributed by atoms with Gasteiger partial charge in [0.25, 0.3) is 0 Å². The van der Waals surface area contributed by atoms with Crippen molar-refractivity contribution in [3.8, 4) is 0 Å². The van der Waals surface area contributed by atoms with Crippen LogP contribution in [0.15, 0.2) is 30.3 Å². The van der Waals surface area contributed by atoms with Gasteiger partial charge in [0.2, 0.25) is 0 Å². The van der Waals surface area contributed by atoms with Crippen molar-refractivity contribution in [2.24, 2.45) is 0 Å². The van der Waals surface area contributed by atoms with Crippen LogP contribution in [-0.2, 0) is 13.6 Å². The zero-order valence-corrected chi connectivity index (χ0v) is 9.94. The van der Waals surface area contributed by atoms with E-state index in [1.807, 2.05) is 30.3 Å². The molecule has 0 saturated heterocycles. The molecule has 83 valence electrons. The molecule has 1 aromatic carbocycles. The molecule has 0 spiro atoms. The lowest BCUT2D eigenvalue weighted by atomic mass is 10.2. The lowest BCUT2D eigenvalue weighted by molar-refractivity contribution is 0.226. The summed E-state index contributed by atoms with van der Waals surface area (Å²) >= 11 is 0. The molecule has 0 amide bonds. The predicted molar refractivity (Wildman–Crippen MR) is 60.7 cm³/mol. The van der Waals surface area contributed by atoms with Gasteiger partial charge in [-0.15, -0.1) is 0 Å². The van der Waals surface area contributed by atoms with Crippen molar-refractivity contribution in [2.45, 2.75) is 13.8 Å². The molecule has 0 saturated carbocycles. The van der Waals surface area contributed by atoms with E-state index in [4.69, 9.17) is 9.05 Å². The van der Waals surface area contributed by atoms with Gasteiger partial charge in [-0.1, -0.05) is 30.3 Å². The van der Waals surface area contributed by atoms with E-state index in [-0.39, 0.29) is 0 Å². The Balaban J connectivity index is 2.71. The minimum atomic E-state index is -3.07. The van der Waals surface area contributed by atoms with Crippen LogP contribution >= 0.6 is 7.60 Å². The number of hydrogen-bond acceptors (Lipinski definition) is 3. The molecule has 1 aromatic rings. The Morgan fingerprint density at radius 2 is 1.67 bits per heavy atom. The largest absolute Gasteiger partial charge is 0.339 e. The van der Waals surface area contributed by atoms with Gasteiger partial charge in [-0.3, -0.25) is 4.57 Å². The highest BCUT2D eigenvalue weighted by Gasteiger charge is 2.24. The van der Waals surface area contributed by atoms with Crippen molar-refractivity contribution < 1.29 is 13.6 Å². The second-order valence-electron chi connectivity index (χ2n) is 2.92. The Bertz CT molecular complexity index is 314. The zero-order valence-electron chi connectivity index (χ0n) is 9.05. The van der Waals surface area contributed by atoms with E-state index in [0.717, 1.165) is 5.56 Å². The van der Waals surface area contributed by atoms with Crippen LogP contribution in [0.1, 0.15) is 19.4 Å². The first kappa shape index (κ1) is 12.4. The van der Waals surface area contributed by atoms with Crippen LogP contribution in [0.3, 0.4) is 0 Å². The molecule has 0 aliphatic carbocycles. The maximum absolute atomic E-state index is 12.1. The molecule has 1 radical (unpaired) electrons. The zero-order chi connectivity index (χ0) is 11.1. The van der Waals surface area contributed by atoms with E-state index in [0.29, 0.717) is 13.2 Å². The van der Waals surface area contributed by atoms with Crippen LogP contribution in [0.25, 0.3) is 0 Å². The molecule has 0 bridgehead atoms.